The molecule has 0 aliphatic rings. The highest BCUT2D eigenvalue weighted by atomic mass is 16.1. The fourth-order valence-electron chi connectivity index (χ4n) is 1.47. The van der Waals surface area contributed by atoms with Crippen molar-refractivity contribution in [3.63, 3.8) is 0 Å². The summed E-state index contributed by atoms with van der Waals surface area (Å²) in [7, 11) is 0. The molecule has 0 aromatic carbocycles. The summed E-state index contributed by atoms with van der Waals surface area (Å²) >= 11 is 0. The summed E-state index contributed by atoms with van der Waals surface area (Å²) in [6, 6.07) is 1.61. The summed E-state index contributed by atoms with van der Waals surface area (Å²) in [5.74, 6) is 0. The van der Waals surface area contributed by atoms with Gasteiger partial charge in [0.05, 0.1) is 12.7 Å². The molecule has 0 unspecified atom stereocenters. The minimum absolute atomic E-state index is 0.0254. The third-order valence-corrected chi connectivity index (χ3v) is 2.56. The SMILES string of the molecule is Cc1cnn(CCNCCC(C)(C)C)c(=O)c1. The minimum atomic E-state index is -0.0254. The average molecular weight is 237 g/mol. The summed E-state index contributed by atoms with van der Waals surface area (Å²) in [5, 5.41) is 7.42. The van der Waals surface area contributed by atoms with Crippen LogP contribution in [0.5, 0.6) is 0 Å². The minimum Gasteiger partial charge on any atom is -0.315 e. The van der Waals surface area contributed by atoms with Gasteiger partial charge in [-0.3, -0.25) is 4.79 Å². The Bertz CT molecular complexity index is 404. The fourth-order valence-corrected chi connectivity index (χ4v) is 1.47. The van der Waals surface area contributed by atoms with Crippen LogP contribution in [0.1, 0.15) is 32.8 Å². The zero-order chi connectivity index (χ0) is 12.9. The van der Waals surface area contributed by atoms with Gasteiger partial charge in [0.1, 0.15) is 0 Å². The lowest BCUT2D eigenvalue weighted by molar-refractivity contribution is 0.363. The maximum absolute atomic E-state index is 11.5. The number of rotatable bonds is 5. The third kappa shape index (κ3) is 5.63. The molecule has 1 N–H and O–H groups in total. The summed E-state index contributed by atoms with van der Waals surface area (Å²) in [6.07, 6.45) is 2.85. The lowest BCUT2D eigenvalue weighted by Crippen LogP contribution is -2.30. The molecule has 0 radical (unpaired) electrons. The van der Waals surface area contributed by atoms with Crippen LogP contribution in [0, 0.1) is 12.3 Å². The van der Waals surface area contributed by atoms with Gasteiger partial charge in [-0.25, -0.2) is 4.68 Å². The third-order valence-electron chi connectivity index (χ3n) is 2.56. The van der Waals surface area contributed by atoms with Crippen LogP contribution in [0.4, 0.5) is 0 Å². The number of nitrogens with one attached hydrogen (secondary N) is 1. The van der Waals surface area contributed by atoms with E-state index in [9.17, 15) is 4.79 Å². The lowest BCUT2D eigenvalue weighted by atomic mass is 9.92. The molecular weight excluding hydrogens is 214 g/mol. The second-order valence-electron chi connectivity index (χ2n) is 5.65. The number of nitrogens with zero attached hydrogens (tertiary/aromatic N) is 2. The summed E-state index contributed by atoms with van der Waals surface area (Å²) in [4.78, 5) is 11.5. The number of aryl methyl sites for hydroxylation is 1. The lowest BCUT2D eigenvalue weighted by Gasteiger charge is -2.18. The normalized spacial score (nSPS) is 11.8. The zero-order valence-electron chi connectivity index (χ0n) is 11.3. The Kier molecular flexibility index (Phi) is 4.87. The Labute approximate surface area is 103 Å². The molecule has 96 valence electrons. The van der Waals surface area contributed by atoms with Crippen LogP contribution < -0.4 is 10.9 Å². The van der Waals surface area contributed by atoms with E-state index in [1.165, 1.54) is 4.68 Å². The molecule has 0 amide bonds. The van der Waals surface area contributed by atoms with E-state index < -0.39 is 0 Å². The number of aromatic nitrogens is 2. The first-order chi connectivity index (χ1) is 7.88. The van der Waals surface area contributed by atoms with Gasteiger partial charge in [0.15, 0.2) is 0 Å². The van der Waals surface area contributed by atoms with Crippen molar-refractivity contribution >= 4 is 0 Å². The van der Waals surface area contributed by atoms with E-state index in [2.05, 4.69) is 31.2 Å². The maximum Gasteiger partial charge on any atom is 0.267 e. The van der Waals surface area contributed by atoms with Crippen LogP contribution in [0.3, 0.4) is 0 Å². The number of hydrogen-bond acceptors (Lipinski definition) is 3. The summed E-state index contributed by atoms with van der Waals surface area (Å²) in [5.41, 5.74) is 1.24. The second kappa shape index (κ2) is 5.96. The molecule has 1 rings (SSSR count). The molecule has 0 bridgehead atoms. The van der Waals surface area contributed by atoms with E-state index in [-0.39, 0.29) is 5.56 Å². The predicted octanol–water partition coefficient (Wildman–Crippen LogP) is 1.58. The average Bonchev–Trinajstić information content (AvgIpc) is 2.18. The van der Waals surface area contributed by atoms with Crippen LogP contribution in [-0.4, -0.2) is 22.9 Å². The van der Waals surface area contributed by atoms with Crippen LogP contribution in [0.2, 0.25) is 0 Å². The van der Waals surface area contributed by atoms with Gasteiger partial charge in [0.25, 0.3) is 5.56 Å². The van der Waals surface area contributed by atoms with E-state index in [0.29, 0.717) is 12.0 Å². The molecule has 1 aromatic heterocycles. The van der Waals surface area contributed by atoms with Crippen LogP contribution in [0.25, 0.3) is 0 Å². The van der Waals surface area contributed by atoms with Crippen molar-refractivity contribution in [3.8, 4) is 0 Å². The first-order valence-electron chi connectivity index (χ1n) is 6.13. The monoisotopic (exact) mass is 237 g/mol. The smallest absolute Gasteiger partial charge is 0.267 e. The molecule has 0 fully saturated rings. The van der Waals surface area contributed by atoms with Crippen molar-refractivity contribution in [2.75, 3.05) is 13.1 Å². The quantitative estimate of drug-likeness (QED) is 0.791. The molecule has 1 aromatic rings. The first kappa shape index (κ1) is 13.9. The molecule has 0 atom stereocenters. The highest BCUT2D eigenvalue weighted by molar-refractivity contribution is 5.02. The molecule has 0 aliphatic heterocycles. The molecule has 4 nitrogen and oxygen atoms in total. The topological polar surface area (TPSA) is 46.9 Å². The van der Waals surface area contributed by atoms with E-state index in [1.54, 1.807) is 12.3 Å². The Hall–Kier alpha value is -1.16. The Morgan fingerprint density at radius 1 is 1.35 bits per heavy atom. The highest BCUT2D eigenvalue weighted by Gasteiger charge is 2.08. The first-order valence-corrected chi connectivity index (χ1v) is 6.13. The van der Waals surface area contributed by atoms with Gasteiger partial charge >= 0.3 is 0 Å². The van der Waals surface area contributed by atoms with Gasteiger partial charge in [0.2, 0.25) is 0 Å². The van der Waals surface area contributed by atoms with E-state index >= 15 is 0 Å². The molecule has 1 heterocycles. The van der Waals surface area contributed by atoms with Gasteiger partial charge in [0, 0.05) is 12.6 Å². The van der Waals surface area contributed by atoms with Gasteiger partial charge in [-0.15, -0.1) is 0 Å². The molecule has 0 saturated heterocycles. The molecule has 0 aliphatic carbocycles. The summed E-state index contributed by atoms with van der Waals surface area (Å²) < 4.78 is 1.50. The molecular formula is C13H23N3O. The van der Waals surface area contributed by atoms with E-state index in [0.717, 1.165) is 25.1 Å². The van der Waals surface area contributed by atoms with Crippen molar-refractivity contribution in [2.24, 2.45) is 5.41 Å². The highest BCUT2D eigenvalue weighted by Crippen LogP contribution is 2.16. The molecule has 4 heteroatoms. The predicted molar refractivity (Wildman–Crippen MR) is 70.2 cm³/mol. The zero-order valence-corrected chi connectivity index (χ0v) is 11.3. The maximum atomic E-state index is 11.5. The van der Waals surface area contributed by atoms with Crippen molar-refractivity contribution in [3.05, 3.63) is 28.2 Å². The molecule has 0 saturated carbocycles. The Balaban J connectivity index is 2.29. The van der Waals surface area contributed by atoms with Crippen LogP contribution in [0.15, 0.2) is 17.1 Å². The van der Waals surface area contributed by atoms with Crippen molar-refractivity contribution in [1.29, 1.82) is 0 Å². The largest absolute Gasteiger partial charge is 0.315 e. The van der Waals surface area contributed by atoms with E-state index in [4.69, 9.17) is 0 Å². The van der Waals surface area contributed by atoms with Crippen molar-refractivity contribution in [1.82, 2.24) is 15.1 Å². The van der Waals surface area contributed by atoms with Gasteiger partial charge < -0.3 is 5.32 Å². The fraction of sp³-hybridized carbons (Fsp3) is 0.692. The standard InChI is InChI=1S/C13H23N3O/c1-11-9-12(17)16(15-10-11)8-7-14-6-5-13(2,3)4/h9-10,14H,5-8H2,1-4H3. The summed E-state index contributed by atoms with van der Waals surface area (Å²) in [6.45, 7) is 10.9. The van der Waals surface area contributed by atoms with Crippen LogP contribution in [-0.2, 0) is 6.54 Å². The van der Waals surface area contributed by atoms with Crippen molar-refractivity contribution < 1.29 is 0 Å². The van der Waals surface area contributed by atoms with Gasteiger partial charge in [-0.2, -0.15) is 5.10 Å². The van der Waals surface area contributed by atoms with Gasteiger partial charge in [-0.1, -0.05) is 20.8 Å². The second-order valence-corrected chi connectivity index (χ2v) is 5.65. The Morgan fingerprint density at radius 2 is 2.06 bits per heavy atom. The van der Waals surface area contributed by atoms with Gasteiger partial charge in [-0.05, 0) is 30.9 Å². The molecule has 0 spiro atoms. The Morgan fingerprint density at radius 3 is 2.65 bits per heavy atom. The van der Waals surface area contributed by atoms with E-state index in [1.807, 2.05) is 6.92 Å². The van der Waals surface area contributed by atoms with Crippen molar-refractivity contribution in [2.45, 2.75) is 40.7 Å². The number of hydrogen-bond donors (Lipinski definition) is 1. The van der Waals surface area contributed by atoms with Crippen LogP contribution >= 0.6 is 0 Å². The molecule has 17 heavy (non-hydrogen) atoms.